The van der Waals surface area contributed by atoms with E-state index in [0.29, 0.717) is 6.54 Å². The van der Waals surface area contributed by atoms with Gasteiger partial charge in [-0.1, -0.05) is 12.1 Å². The molecular weight excluding hydrogens is 236 g/mol. The summed E-state index contributed by atoms with van der Waals surface area (Å²) in [6.07, 6.45) is 5.87. The molecule has 0 aliphatic rings. The van der Waals surface area contributed by atoms with Crippen molar-refractivity contribution >= 4 is 5.96 Å². The van der Waals surface area contributed by atoms with E-state index in [0.717, 1.165) is 37.6 Å². The Morgan fingerprint density at radius 2 is 2.37 bits per heavy atom. The Hall–Kier alpha value is -1.84. The third-order valence-corrected chi connectivity index (χ3v) is 2.72. The zero-order valence-corrected chi connectivity index (χ0v) is 12.0. The summed E-state index contributed by atoms with van der Waals surface area (Å²) in [5.41, 5.74) is 0.984. The standard InChI is InChI=1S/C15H24N4/c1-4-6-9-12-19(3)15(16-5-2)18-13-14-10-7-8-11-17-14/h4,7-8,10-11H,1,5-6,9,12-13H2,2-3H3,(H,16,18). The molecule has 0 bridgehead atoms. The van der Waals surface area contributed by atoms with Crippen molar-refractivity contribution in [3.63, 3.8) is 0 Å². The SMILES string of the molecule is C=CCCCN(C)C(=NCc1ccccn1)NCC. The summed E-state index contributed by atoms with van der Waals surface area (Å²) < 4.78 is 0. The van der Waals surface area contributed by atoms with E-state index >= 15 is 0 Å². The van der Waals surface area contributed by atoms with Gasteiger partial charge >= 0.3 is 0 Å². The van der Waals surface area contributed by atoms with Gasteiger partial charge in [0.15, 0.2) is 5.96 Å². The molecule has 0 aromatic carbocycles. The second kappa shape index (κ2) is 9.14. The Labute approximate surface area is 116 Å². The summed E-state index contributed by atoms with van der Waals surface area (Å²) in [6.45, 7) is 8.27. The summed E-state index contributed by atoms with van der Waals surface area (Å²) in [7, 11) is 2.06. The Morgan fingerprint density at radius 3 is 3.00 bits per heavy atom. The molecule has 0 spiro atoms. The van der Waals surface area contributed by atoms with Crippen LogP contribution in [0.2, 0.25) is 0 Å². The fourth-order valence-electron chi connectivity index (χ4n) is 1.70. The van der Waals surface area contributed by atoms with Crippen molar-refractivity contribution < 1.29 is 0 Å². The summed E-state index contributed by atoms with van der Waals surface area (Å²) in [4.78, 5) is 11.0. The summed E-state index contributed by atoms with van der Waals surface area (Å²) >= 11 is 0. The van der Waals surface area contributed by atoms with Crippen LogP contribution in [-0.4, -0.2) is 36.0 Å². The maximum atomic E-state index is 4.61. The van der Waals surface area contributed by atoms with E-state index in [9.17, 15) is 0 Å². The minimum atomic E-state index is 0.606. The number of guanidine groups is 1. The predicted octanol–water partition coefficient (Wildman–Crippen LogP) is 2.45. The van der Waals surface area contributed by atoms with Crippen LogP contribution in [0.3, 0.4) is 0 Å². The molecule has 0 saturated carbocycles. The second-order valence-electron chi connectivity index (χ2n) is 4.34. The van der Waals surface area contributed by atoms with E-state index in [2.05, 4.69) is 40.7 Å². The van der Waals surface area contributed by atoms with E-state index < -0.39 is 0 Å². The number of aromatic nitrogens is 1. The molecule has 1 rings (SSSR count). The molecule has 0 aliphatic carbocycles. The van der Waals surface area contributed by atoms with Gasteiger partial charge in [-0.2, -0.15) is 0 Å². The van der Waals surface area contributed by atoms with Crippen molar-refractivity contribution in [2.75, 3.05) is 20.1 Å². The quantitative estimate of drug-likeness (QED) is 0.354. The Bertz CT molecular complexity index is 386. The molecule has 0 unspecified atom stereocenters. The van der Waals surface area contributed by atoms with Gasteiger partial charge in [0.2, 0.25) is 0 Å². The zero-order chi connectivity index (χ0) is 13.9. The molecule has 0 radical (unpaired) electrons. The number of nitrogens with zero attached hydrogens (tertiary/aromatic N) is 3. The van der Waals surface area contributed by atoms with E-state index in [-0.39, 0.29) is 0 Å². The average molecular weight is 260 g/mol. The Balaban J connectivity index is 2.57. The highest BCUT2D eigenvalue weighted by Gasteiger charge is 2.04. The van der Waals surface area contributed by atoms with Gasteiger partial charge in [-0.25, -0.2) is 4.99 Å². The van der Waals surface area contributed by atoms with Crippen LogP contribution in [0.4, 0.5) is 0 Å². The van der Waals surface area contributed by atoms with E-state index in [1.165, 1.54) is 0 Å². The van der Waals surface area contributed by atoms with Crippen molar-refractivity contribution in [2.45, 2.75) is 26.3 Å². The summed E-state index contributed by atoms with van der Waals surface area (Å²) in [6, 6.07) is 5.89. The van der Waals surface area contributed by atoms with Crippen LogP contribution >= 0.6 is 0 Å². The molecule has 1 aromatic heterocycles. The lowest BCUT2D eigenvalue weighted by Crippen LogP contribution is -2.39. The number of pyridine rings is 1. The molecule has 4 heteroatoms. The van der Waals surface area contributed by atoms with Crippen LogP contribution in [-0.2, 0) is 6.54 Å². The van der Waals surface area contributed by atoms with E-state index in [1.807, 2.05) is 24.3 Å². The van der Waals surface area contributed by atoms with Gasteiger partial charge in [-0.3, -0.25) is 4.98 Å². The first-order valence-corrected chi connectivity index (χ1v) is 6.78. The number of unbranched alkanes of at least 4 members (excludes halogenated alkanes) is 1. The highest BCUT2D eigenvalue weighted by Crippen LogP contribution is 1.99. The normalized spacial score (nSPS) is 11.2. The number of hydrogen-bond acceptors (Lipinski definition) is 2. The molecular formula is C15H24N4. The molecule has 19 heavy (non-hydrogen) atoms. The first kappa shape index (κ1) is 15.2. The Morgan fingerprint density at radius 1 is 1.53 bits per heavy atom. The molecule has 1 aromatic rings. The lowest BCUT2D eigenvalue weighted by atomic mass is 10.3. The van der Waals surface area contributed by atoms with Crippen LogP contribution in [0, 0.1) is 0 Å². The summed E-state index contributed by atoms with van der Waals surface area (Å²) in [5, 5.41) is 3.30. The number of aliphatic imine (C=N–C) groups is 1. The molecule has 0 amide bonds. The minimum Gasteiger partial charge on any atom is -0.357 e. The van der Waals surface area contributed by atoms with Gasteiger partial charge in [-0.15, -0.1) is 6.58 Å². The predicted molar refractivity (Wildman–Crippen MR) is 81.1 cm³/mol. The molecule has 0 aliphatic heterocycles. The second-order valence-corrected chi connectivity index (χ2v) is 4.34. The molecule has 4 nitrogen and oxygen atoms in total. The first-order valence-electron chi connectivity index (χ1n) is 6.78. The highest BCUT2D eigenvalue weighted by molar-refractivity contribution is 5.79. The van der Waals surface area contributed by atoms with Crippen LogP contribution in [0.1, 0.15) is 25.5 Å². The molecule has 1 N–H and O–H groups in total. The van der Waals surface area contributed by atoms with Crippen molar-refractivity contribution in [1.82, 2.24) is 15.2 Å². The third-order valence-electron chi connectivity index (χ3n) is 2.72. The maximum Gasteiger partial charge on any atom is 0.194 e. The monoisotopic (exact) mass is 260 g/mol. The summed E-state index contributed by atoms with van der Waals surface area (Å²) in [5.74, 6) is 0.928. The van der Waals surface area contributed by atoms with Crippen molar-refractivity contribution in [3.8, 4) is 0 Å². The first-order chi connectivity index (χ1) is 9.27. The minimum absolute atomic E-state index is 0.606. The van der Waals surface area contributed by atoms with Gasteiger partial charge < -0.3 is 10.2 Å². The maximum absolute atomic E-state index is 4.61. The molecule has 1 heterocycles. The number of rotatable bonds is 7. The lowest BCUT2D eigenvalue weighted by molar-refractivity contribution is 0.470. The van der Waals surface area contributed by atoms with E-state index in [1.54, 1.807) is 6.20 Å². The van der Waals surface area contributed by atoms with Crippen LogP contribution in [0.5, 0.6) is 0 Å². The van der Waals surface area contributed by atoms with Crippen LogP contribution < -0.4 is 5.32 Å². The van der Waals surface area contributed by atoms with Crippen molar-refractivity contribution in [2.24, 2.45) is 4.99 Å². The average Bonchev–Trinajstić information content (AvgIpc) is 2.44. The topological polar surface area (TPSA) is 40.5 Å². The molecule has 0 atom stereocenters. The third kappa shape index (κ3) is 6.04. The zero-order valence-electron chi connectivity index (χ0n) is 12.0. The van der Waals surface area contributed by atoms with Gasteiger partial charge in [0, 0.05) is 26.3 Å². The largest absolute Gasteiger partial charge is 0.357 e. The number of hydrogen-bond donors (Lipinski definition) is 1. The fourth-order valence-corrected chi connectivity index (χ4v) is 1.70. The fraction of sp³-hybridized carbons (Fsp3) is 0.467. The van der Waals surface area contributed by atoms with Crippen LogP contribution in [0.15, 0.2) is 42.0 Å². The smallest absolute Gasteiger partial charge is 0.194 e. The van der Waals surface area contributed by atoms with Crippen molar-refractivity contribution in [1.29, 1.82) is 0 Å². The van der Waals surface area contributed by atoms with E-state index in [4.69, 9.17) is 0 Å². The van der Waals surface area contributed by atoms with Gasteiger partial charge in [0.25, 0.3) is 0 Å². The molecule has 0 saturated heterocycles. The number of allylic oxidation sites excluding steroid dienone is 1. The highest BCUT2D eigenvalue weighted by atomic mass is 15.3. The van der Waals surface area contributed by atoms with Gasteiger partial charge in [-0.05, 0) is 31.9 Å². The number of nitrogens with one attached hydrogen (secondary N) is 1. The van der Waals surface area contributed by atoms with Gasteiger partial charge in [0.05, 0.1) is 12.2 Å². The van der Waals surface area contributed by atoms with Gasteiger partial charge in [0.1, 0.15) is 0 Å². The lowest BCUT2D eigenvalue weighted by Gasteiger charge is -2.21. The molecule has 104 valence electrons. The molecule has 0 fully saturated rings. The van der Waals surface area contributed by atoms with Crippen LogP contribution in [0.25, 0.3) is 0 Å². The van der Waals surface area contributed by atoms with Crippen molar-refractivity contribution in [3.05, 3.63) is 42.7 Å². The Kier molecular flexibility index (Phi) is 7.32.